The number of carbonyl (C=O) groups is 1. The van der Waals surface area contributed by atoms with Gasteiger partial charge in [-0.2, -0.15) is 0 Å². The largest absolute Gasteiger partial charge is 0.478 e. The lowest BCUT2D eigenvalue weighted by atomic mass is 9.85. The van der Waals surface area contributed by atoms with E-state index in [2.05, 4.69) is 5.32 Å². The van der Waals surface area contributed by atoms with Gasteiger partial charge in [0.05, 0.1) is 0 Å². The number of hydrogen-bond acceptors (Lipinski definition) is 3. The molecule has 2 rings (SSSR count). The van der Waals surface area contributed by atoms with Gasteiger partial charge in [-0.3, -0.25) is 4.79 Å². The Morgan fingerprint density at radius 3 is 2.86 bits per heavy atom. The Morgan fingerprint density at radius 2 is 2.14 bits per heavy atom. The van der Waals surface area contributed by atoms with Crippen molar-refractivity contribution >= 4 is 5.91 Å². The van der Waals surface area contributed by atoms with Gasteiger partial charge in [0.2, 0.25) is 0 Å². The van der Waals surface area contributed by atoms with E-state index in [1.54, 1.807) is 19.1 Å². The van der Waals surface area contributed by atoms with Crippen LogP contribution in [0.2, 0.25) is 0 Å². The summed E-state index contributed by atoms with van der Waals surface area (Å²) in [6.45, 7) is 1.67. The summed E-state index contributed by atoms with van der Waals surface area (Å²) >= 11 is 0. The molecule has 1 fully saturated rings. The van der Waals surface area contributed by atoms with Crippen LogP contribution in [0.5, 0.6) is 5.75 Å². The van der Waals surface area contributed by atoms with Crippen molar-refractivity contribution in [3.63, 3.8) is 0 Å². The molecule has 0 saturated heterocycles. The molecule has 1 amide bonds. The minimum atomic E-state index is -0.775. The minimum Gasteiger partial charge on any atom is -0.478 e. The standard InChI is InChI=1S/C16H22FNO3/c1-11(21-15-9-5-3-7-13(15)17)16(20)18-14-8-4-2-6-12(14)10-19/h3,5,7,9,11-12,14,19H,2,4,6,8,10H2,1H3,(H,18,20). The van der Waals surface area contributed by atoms with Gasteiger partial charge in [0.1, 0.15) is 0 Å². The fourth-order valence-electron chi connectivity index (χ4n) is 2.70. The average molecular weight is 295 g/mol. The summed E-state index contributed by atoms with van der Waals surface area (Å²) in [5, 5.41) is 12.3. The first-order valence-electron chi connectivity index (χ1n) is 7.44. The minimum absolute atomic E-state index is 0.0251. The summed E-state index contributed by atoms with van der Waals surface area (Å²) in [7, 11) is 0. The van der Waals surface area contributed by atoms with Crippen LogP contribution < -0.4 is 10.1 Å². The third-order valence-electron chi connectivity index (χ3n) is 3.98. The van der Waals surface area contributed by atoms with E-state index in [4.69, 9.17) is 4.74 Å². The van der Waals surface area contributed by atoms with Crippen molar-refractivity contribution in [3.8, 4) is 5.75 Å². The molecular weight excluding hydrogens is 273 g/mol. The van der Waals surface area contributed by atoms with Gasteiger partial charge in [0, 0.05) is 18.6 Å². The number of hydrogen-bond donors (Lipinski definition) is 2. The van der Waals surface area contributed by atoms with Crippen LogP contribution in [0.3, 0.4) is 0 Å². The number of rotatable bonds is 5. The van der Waals surface area contributed by atoms with Crippen molar-refractivity contribution in [2.45, 2.75) is 44.8 Å². The normalized spacial score (nSPS) is 23.4. The molecule has 0 bridgehead atoms. The van der Waals surface area contributed by atoms with E-state index in [9.17, 15) is 14.3 Å². The maximum atomic E-state index is 13.5. The van der Waals surface area contributed by atoms with Crippen LogP contribution in [-0.2, 0) is 4.79 Å². The number of para-hydroxylation sites is 1. The van der Waals surface area contributed by atoms with E-state index in [1.165, 1.54) is 12.1 Å². The van der Waals surface area contributed by atoms with Crippen LogP contribution in [0.4, 0.5) is 4.39 Å². The molecule has 0 aromatic heterocycles. The second kappa shape index (κ2) is 7.41. The summed E-state index contributed by atoms with van der Waals surface area (Å²) in [5.74, 6) is -0.586. The molecule has 4 nitrogen and oxygen atoms in total. The predicted molar refractivity (Wildman–Crippen MR) is 77.5 cm³/mol. The molecule has 0 spiro atoms. The number of aliphatic hydroxyl groups excluding tert-OH is 1. The van der Waals surface area contributed by atoms with Crippen LogP contribution in [0.25, 0.3) is 0 Å². The van der Waals surface area contributed by atoms with Gasteiger partial charge in [-0.15, -0.1) is 0 Å². The van der Waals surface area contributed by atoms with Crippen LogP contribution >= 0.6 is 0 Å². The lowest BCUT2D eigenvalue weighted by molar-refractivity contribution is -0.128. The number of ether oxygens (including phenoxy) is 1. The monoisotopic (exact) mass is 295 g/mol. The molecule has 0 radical (unpaired) electrons. The molecule has 1 aromatic carbocycles. The fourth-order valence-corrected chi connectivity index (χ4v) is 2.70. The van der Waals surface area contributed by atoms with Crippen molar-refractivity contribution in [3.05, 3.63) is 30.1 Å². The van der Waals surface area contributed by atoms with Crippen molar-refractivity contribution in [1.82, 2.24) is 5.32 Å². The first-order chi connectivity index (χ1) is 10.1. The molecule has 1 aliphatic carbocycles. The SMILES string of the molecule is CC(Oc1ccccc1F)C(=O)NC1CCCCC1CO. The van der Waals surface area contributed by atoms with Gasteiger partial charge < -0.3 is 15.2 Å². The Morgan fingerprint density at radius 1 is 1.43 bits per heavy atom. The first kappa shape index (κ1) is 15.8. The van der Waals surface area contributed by atoms with E-state index in [0.717, 1.165) is 25.7 Å². The van der Waals surface area contributed by atoms with E-state index >= 15 is 0 Å². The fraction of sp³-hybridized carbons (Fsp3) is 0.562. The number of amides is 1. The molecule has 3 unspecified atom stereocenters. The third-order valence-corrected chi connectivity index (χ3v) is 3.98. The van der Waals surface area contributed by atoms with Crippen LogP contribution in [-0.4, -0.2) is 29.8 Å². The summed E-state index contributed by atoms with van der Waals surface area (Å²) in [6.07, 6.45) is 3.14. The highest BCUT2D eigenvalue weighted by atomic mass is 19.1. The second-order valence-corrected chi connectivity index (χ2v) is 5.53. The van der Waals surface area contributed by atoms with E-state index in [0.29, 0.717) is 0 Å². The topological polar surface area (TPSA) is 58.6 Å². The molecule has 1 aliphatic rings. The zero-order valence-corrected chi connectivity index (χ0v) is 12.2. The second-order valence-electron chi connectivity index (χ2n) is 5.53. The van der Waals surface area contributed by atoms with Gasteiger partial charge in [0.25, 0.3) is 5.91 Å². The highest BCUT2D eigenvalue weighted by molar-refractivity contribution is 5.81. The highest BCUT2D eigenvalue weighted by Gasteiger charge is 2.28. The Labute approximate surface area is 124 Å². The Bertz CT molecular complexity index is 480. The van der Waals surface area contributed by atoms with Gasteiger partial charge in [-0.05, 0) is 31.9 Å². The Hall–Kier alpha value is -1.62. The molecular formula is C16H22FNO3. The summed E-state index contributed by atoms with van der Waals surface area (Å²) < 4.78 is 18.9. The Kier molecular flexibility index (Phi) is 5.56. The molecule has 116 valence electrons. The highest BCUT2D eigenvalue weighted by Crippen LogP contribution is 2.24. The molecule has 21 heavy (non-hydrogen) atoms. The smallest absolute Gasteiger partial charge is 0.261 e. The maximum Gasteiger partial charge on any atom is 0.261 e. The number of aliphatic hydroxyl groups is 1. The number of benzene rings is 1. The van der Waals surface area contributed by atoms with Crippen molar-refractivity contribution < 1.29 is 19.0 Å². The first-order valence-corrected chi connectivity index (χ1v) is 7.44. The summed E-state index contributed by atoms with van der Waals surface area (Å²) in [5.41, 5.74) is 0. The van der Waals surface area contributed by atoms with Gasteiger partial charge >= 0.3 is 0 Å². The van der Waals surface area contributed by atoms with Gasteiger partial charge in [-0.25, -0.2) is 4.39 Å². The van der Waals surface area contributed by atoms with Crippen molar-refractivity contribution in [2.75, 3.05) is 6.61 Å². The molecule has 5 heteroatoms. The summed E-state index contributed by atoms with van der Waals surface area (Å²) in [4.78, 5) is 12.1. The zero-order valence-electron chi connectivity index (χ0n) is 12.2. The number of nitrogens with one attached hydrogen (secondary N) is 1. The van der Waals surface area contributed by atoms with E-state index in [-0.39, 0.29) is 30.2 Å². The molecule has 0 heterocycles. The average Bonchev–Trinajstić information content (AvgIpc) is 2.50. The lowest BCUT2D eigenvalue weighted by Crippen LogP contribution is -2.47. The molecule has 1 aromatic rings. The molecule has 1 saturated carbocycles. The molecule has 0 aliphatic heterocycles. The van der Waals surface area contributed by atoms with Crippen molar-refractivity contribution in [1.29, 1.82) is 0 Å². The summed E-state index contributed by atoms with van der Waals surface area (Å²) in [6, 6.07) is 5.99. The predicted octanol–water partition coefficient (Wildman–Crippen LogP) is 2.26. The van der Waals surface area contributed by atoms with Gasteiger partial charge in [0.15, 0.2) is 17.7 Å². The molecule has 3 atom stereocenters. The van der Waals surface area contributed by atoms with Crippen LogP contribution in [0.1, 0.15) is 32.6 Å². The number of halogens is 1. The quantitative estimate of drug-likeness (QED) is 0.876. The molecule has 2 N–H and O–H groups in total. The van der Waals surface area contributed by atoms with Crippen molar-refractivity contribution in [2.24, 2.45) is 5.92 Å². The van der Waals surface area contributed by atoms with E-state index < -0.39 is 11.9 Å². The number of carbonyl (C=O) groups excluding carboxylic acids is 1. The van der Waals surface area contributed by atoms with Crippen LogP contribution in [0.15, 0.2) is 24.3 Å². The zero-order chi connectivity index (χ0) is 15.2. The Balaban J connectivity index is 1.91. The van der Waals surface area contributed by atoms with E-state index in [1.807, 2.05) is 0 Å². The maximum absolute atomic E-state index is 13.5. The third kappa shape index (κ3) is 4.17. The van der Waals surface area contributed by atoms with Crippen LogP contribution in [0, 0.1) is 11.7 Å². The van der Waals surface area contributed by atoms with Gasteiger partial charge in [-0.1, -0.05) is 25.0 Å². The lowest BCUT2D eigenvalue weighted by Gasteiger charge is -2.31.